The molecule has 1 amide bonds. The molecule has 0 saturated carbocycles. The number of rotatable bonds is 6. The summed E-state index contributed by atoms with van der Waals surface area (Å²) in [6.07, 6.45) is 1.29. The summed E-state index contributed by atoms with van der Waals surface area (Å²) < 4.78 is 11.4. The summed E-state index contributed by atoms with van der Waals surface area (Å²) in [6.45, 7) is -0.239. The minimum absolute atomic E-state index is 0.00764. The fourth-order valence-corrected chi connectivity index (χ4v) is 2.26. The molecule has 0 atom stereocenters. The second kappa shape index (κ2) is 8.56. The van der Waals surface area contributed by atoms with Crippen LogP contribution in [0.5, 0.6) is 17.2 Å². The third kappa shape index (κ3) is 5.14. The van der Waals surface area contributed by atoms with Gasteiger partial charge in [-0.3, -0.25) is 4.79 Å². The number of phenolic OH excluding ortho intramolecular Hbond substituents is 1. The van der Waals surface area contributed by atoms with Gasteiger partial charge in [-0.15, -0.1) is 0 Å². The zero-order valence-corrected chi connectivity index (χ0v) is 15.0. The molecule has 0 bridgehead atoms. The van der Waals surface area contributed by atoms with Crippen LogP contribution in [-0.4, -0.2) is 30.9 Å². The lowest BCUT2D eigenvalue weighted by atomic mass is 10.2. The van der Waals surface area contributed by atoms with E-state index in [2.05, 4.69) is 26.5 Å². The number of halogens is 2. The Morgan fingerprint density at radius 3 is 2.88 bits per heavy atom. The van der Waals surface area contributed by atoms with Crippen LogP contribution in [0.2, 0.25) is 5.02 Å². The van der Waals surface area contributed by atoms with Gasteiger partial charge in [0.05, 0.1) is 13.3 Å². The van der Waals surface area contributed by atoms with Gasteiger partial charge in [-0.2, -0.15) is 5.10 Å². The van der Waals surface area contributed by atoms with Crippen molar-refractivity contribution in [2.24, 2.45) is 5.10 Å². The number of carbonyl (C=O) groups is 1. The number of amides is 1. The summed E-state index contributed by atoms with van der Waals surface area (Å²) in [5, 5.41) is 13.8. The predicted octanol–water partition coefficient (Wildman–Crippen LogP) is 3.35. The molecule has 2 rings (SSSR count). The summed E-state index contributed by atoms with van der Waals surface area (Å²) in [7, 11) is 1.51. The zero-order chi connectivity index (χ0) is 17.5. The van der Waals surface area contributed by atoms with Gasteiger partial charge in [0, 0.05) is 15.1 Å². The van der Waals surface area contributed by atoms with Gasteiger partial charge in [-0.1, -0.05) is 27.5 Å². The van der Waals surface area contributed by atoms with E-state index in [-0.39, 0.29) is 12.4 Å². The number of nitrogens with one attached hydrogen (secondary N) is 1. The van der Waals surface area contributed by atoms with E-state index < -0.39 is 5.91 Å². The number of hydrazone groups is 1. The number of carbonyl (C=O) groups excluding carboxylic acids is 1. The maximum atomic E-state index is 11.7. The predicted molar refractivity (Wildman–Crippen MR) is 95.0 cm³/mol. The third-order valence-corrected chi connectivity index (χ3v) is 3.60. The summed E-state index contributed by atoms with van der Waals surface area (Å²) in [5.74, 6) is 0.489. The van der Waals surface area contributed by atoms with Gasteiger partial charge in [-0.05, 0) is 36.4 Å². The molecule has 0 aliphatic carbocycles. The number of hydrogen-bond donors (Lipinski definition) is 2. The molecule has 0 heterocycles. The van der Waals surface area contributed by atoms with Gasteiger partial charge in [0.2, 0.25) is 0 Å². The van der Waals surface area contributed by atoms with Gasteiger partial charge < -0.3 is 14.6 Å². The molecule has 24 heavy (non-hydrogen) atoms. The van der Waals surface area contributed by atoms with E-state index in [0.29, 0.717) is 22.1 Å². The molecule has 8 heteroatoms. The molecule has 126 valence electrons. The minimum atomic E-state index is -0.460. The second-order valence-corrected chi connectivity index (χ2v) is 5.93. The number of nitrogens with zero attached hydrogens (tertiary/aromatic N) is 1. The fourth-order valence-electron chi connectivity index (χ4n) is 1.74. The number of aromatic hydroxyl groups is 1. The maximum Gasteiger partial charge on any atom is 0.277 e. The maximum absolute atomic E-state index is 11.7. The average Bonchev–Trinajstić information content (AvgIpc) is 2.56. The normalized spacial score (nSPS) is 10.6. The first-order valence-electron chi connectivity index (χ1n) is 6.76. The van der Waals surface area contributed by atoms with Crippen LogP contribution in [-0.2, 0) is 4.79 Å². The Kier molecular flexibility index (Phi) is 6.45. The molecule has 0 aliphatic heterocycles. The molecular weight excluding hydrogens is 400 g/mol. The molecule has 6 nitrogen and oxygen atoms in total. The molecular formula is C16H14BrClN2O4. The summed E-state index contributed by atoms with van der Waals surface area (Å²) in [4.78, 5) is 11.7. The Balaban J connectivity index is 1.90. The van der Waals surface area contributed by atoms with Gasteiger partial charge >= 0.3 is 0 Å². The van der Waals surface area contributed by atoms with Crippen LogP contribution in [0.3, 0.4) is 0 Å². The van der Waals surface area contributed by atoms with Crippen LogP contribution in [0.25, 0.3) is 0 Å². The highest BCUT2D eigenvalue weighted by Gasteiger charge is 2.07. The van der Waals surface area contributed by atoms with Crippen molar-refractivity contribution in [2.45, 2.75) is 0 Å². The zero-order valence-electron chi connectivity index (χ0n) is 12.6. The van der Waals surface area contributed by atoms with Crippen LogP contribution in [0.4, 0.5) is 0 Å². The van der Waals surface area contributed by atoms with Gasteiger partial charge in [0.25, 0.3) is 5.91 Å². The standard InChI is InChI=1S/C16H14BrClN2O4/c1-23-15-7-11(17)2-5-14(15)24-9-16(22)20-19-8-10-6-12(18)3-4-13(10)21/h2-8,21H,9H2,1H3,(H,20,22)/b19-8-. The lowest BCUT2D eigenvalue weighted by Crippen LogP contribution is -2.24. The molecule has 0 unspecified atom stereocenters. The van der Waals surface area contributed by atoms with Crippen LogP contribution >= 0.6 is 27.5 Å². The molecule has 0 aliphatic rings. The van der Waals surface area contributed by atoms with E-state index >= 15 is 0 Å². The Morgan fingerprint density at radius 2 is 2.12 bits per heavy atom. The summed E-state index contributed by atoms with van der Waals surface area (Å²) in [6, 6.07) is 9.70. The average molecular weight is 414 g/mol. The van der Waals surface area contributed by atoms with E-state index in [0.717, 1.165) is 4.47 Å². The largest absolute Gasteiger partial charge is 0.507 e. The van der Waals surface area contributed by atoms with Crippen LogP contribution in [0, 0.1) is 0 Å². The van der Waals surface area contributed by atoms with Gasteiger partial charge in [0.15, 0.2) is 18.1 Å². The fraction of sp³-hybridized carbons (Fsp3) is 0.125. The van der Waals surface area contributed by atoms with Crippen molar-refractivity contribution in [3.05, 3.63) is 51.5 Å². The molecule has 2 N–H and O–H groups in total. The van der Waals surface area contributed by atoms with Crippen LogP contribution < -0.4 is 14.9 Å². The molecule has 0 saturated heterocycles. The molecule has 0 aromatic heterocycles. The Bertz CT molecular complexity index is 768. The van der Waals surface area contributed by atoms with Crippen molar-refractivity contribution in [1.82, 2.24) is 5.43 Å². The molecule has 0 spiro atoms. The molecule has 0 fully saturated rings. The quantitative estimate of drug-likeness (QED) is 0.562. The number of phenols is 1. The first-order valence-corrected chi connectivity index (χ1v) is 7.93. The van der Waals surface area contributed by atoms with Crippen molar-refractivity contribution in [3.8, 4) is 17.2 Å². The summed E-state index contributed by atoms with van der Waals surface area (Å²) in [5.41, 5.74) is 2.69. The van der Waals surface area contributed by atoms with E-state index in [1.807, 2.05) is 0 Å². The van der Waals surface area contributed by atoms with Gasteiger partial charge in [0.1, 0.15) is 5.75 Å². The number of methoxy groups -OCH3 is 1. The highest BCUT2D eigenvalue weighted by Crippen LogP contribution is 2.30. The first kappa shape index (κ1) is 18.1. The SMILES string of the molecule is COc1cc(Br)ccc1OCC(=O)N/N=C\c1cc(Cl)ccc1O. The number of benzene rings is 2. The molecule has 2 aromatic rings. The number of ether oxygens (including phenoxy) is 2. The van der Waals surface area contributed by atoms with Crippen molar-refractivity contribution in [2.75, 3.05) is 13.7 Å². The highest BCUT2D eigenvalue weighted by molar-refractivity contribution is 9.10. The minimum Gasteiger partial charge on any atom is -0.507 e. The van der Waals surface area contributed by atoms with E-state index in [1.54, 1.807) is 24.3 Å². The third-order valence-electron chi connectivity index (χ3n) is 2.87. The lowest BCUT2D eigenvalue weighted by Gasteiger charge is -2.10. The first-order chi connectivity index (χ1) is 11.5. The van der Waals surface area contributed by atoms with Crippen molar-refractivity contribution in [3.63, 3.8) is 0 Å². The Labute approximate surface area is 152 Å². The molecule has 0 radical (unpaired) electrons. The smallest absolute Gasteiger partial charge is 0.277 e. The van der Waals surface area contributed by atoms with Crippen LogP contribution in [0.15, 0.2) is 46.0 Å². The number of hydrogen-bond acceptors (Lipinski definition) is 5. The molecule has 2 aromatic carbocycles. The monoisotopic (exact) mass is 412 g/mol. The van der Waals surface area contributed by atoms with E-state index in [9.17, 15) is 9.90 Å². The Hall–Kier alpha value is -2.25. The Morgan fingerprint density at radius 1 is 1.33 bits per heavy atom. The lowest BCUT2D eigenvalue weighted by molar-refractivity contribution is -0.123. The van der Waals surface area contributed by atoms with Crippen LogP contribution in [0.1, 0.15) is 5.56 Å². The topological polar surface area (TPSA) is 80.2 Å². The summed E-state index contributed by atoms with van der Waals surface area (Å²) >= 11 is 9.14. The van der Waals surface area contributed by atoms with E-state index in [4.69, 9.17) is 21.1 Å². The highest BCUT2D eigenvalue weighted by atomic mass is 79.9. The van der Waals surface area contributed by atoms with Crippen molar-refractivity contribution >= 4 is 39.7 Å². The second-order valence-electron chi connectivity index (χ2n) is 4.58. The van der Waals surface area contributed by atoms with Gasteiger partial charge in [-0.25, -0.2) is 5.43 Å². The van der Waals surface area contributed by atoms with E-state index in [1.165, 1.54) is 25.5 Å². The van der Waals surface area contributed by atoms with Crippen molar-refractivity contribution in [1.29, 1.82) is 0 Å². The van der Waals surface area contributed by atoms with Crippen molar-refractivity contribution < 1.29 is 19.4 Å².